The Morgan fingerprint density at radius 3 is 2.86 bits per heavy atom. The number of aliphatic hydroxyl groups excluding tert-OH is 1. The first-order valence-corrected chi connectivity index (χ1v) is 6.96. The highest BCUT2D eigenvalue weighted by Crippen LogP contribution is 2.19. The van der Waals surface area contributed by atoms with Gasteiger partial charge in [0.2, 0.25) is 0 Å². The van der Waals surface area contributed by atoms with Crippen LogP contribution in [0, 0.1) is 5.82 Å². The molecule has 1 aromatic carbocycles. The number of hydrogen-bond acceptors (Lipinski definition) is 3. The number of amides is 2. The number of nitrogens with one attached hydrogen (secondary N) is 2. The van der Waals surface area contributed by atoms with Crippen LogP contribution >= 0.6 is 11.6 Å². The molecule has 0 aliphatic rings. The number of aryl methyl sites for hydroxylation is 1. The maximum Gasteiger partial charge on any atom is 0.315 e. The molecule has 118 valence electrons. The number of aromatic nitrogens is 2. The summed E-state index contributed by atoms with van der Waals surface area (Å²) in [6.07, 6.45) is 0.613. The van der Waals surface area contributed by atoms with E-state index in [4.69, 9.17) is 11.6 Å². The summed E-state index contributed by atoms with van der Waals surface area (Å²) >= 11 is 5.57. The molecule has 0 saturated heterocycles. The molecule has 0 aliphatic heterocycles. The van der Waals surface area contributed by atoms with Gasteiger partial charge in [0, 0.05) is 19.8 Å². The highest BCUT2D eigenvalue weighted by atomic mass is 35.5. The molecule has 8 heteroatoms. The van der Waals surface area contributed by atoms with Crippen molar-refractivity contribution in [2.24, 2.45) is 7.05 Å². The number of carbonyl (C=O) groups excluding carboxylic acids is 1. The van der Waals surface area contributed by atoms with Crippen molar-refractivity contribution in [3.05, 3.63) is 52.6 Å². The van der Waals surface area contributed by atoms with E-state index in [0.717, 1.165) is 11.8 Å². The number of carbonyl (C=O) groups is 1. The van der Waals surface area contributed by atoms with E-state index in [1.807, 2.05) is 0 Å². The van der Waals surface area contributed by atoms with E-state index in [-0.39, 0.29) is 11.6 Å². The lowest BCUT2D eigenvalue weighted by Crippen LogP contribution is -2.37. The molecule has 0 bridgehead atoms. The minimum atomic E-state index is -1.02. The summed E-state index contributed by atoms with van der Waals surface area (Å²) in [5, 5.41) is 19.0. The van der Waals surface area contributed by atoms with Gasteiger partial charge in [-0.05, 0) is 23.8 Å². The molecule has 6 nitrogen and oxygen atoms in total. The third-order valence-electron chi connectivity index (χ3n) is 3.14. The number of halogens is 2. The lowest BCUT2D eigenvalue weighted by Gasteiger charge is -2.13. The van der Waals surface area contributed by atoms with E-state index >= 15 is 0 Å². The van der Waals surface area contributed by atoms with E-state index in [2.05, 4.69) is 15.7 Å². The van der Waals surface area contributed by atoms with Crippen molar-refractivity contribution in [3.8, 4) is 0 Å². The Hall–Kier alpha value is -2.12. The van der Waals surface area contributed by atoms with E-state index < -0.39 is 18.0 Å². The summed E-state index contributed by atoms with van der Waals surface area (Å²) in [5.41, 5.74) is 1.18. The van der Waals surface area contributed by atoms with Gasteiger partial charge in [-0.2, -0.15) is 5.10 Å². The molecule has 1 heterocycles. The van der Waals surface area contributed by atoms with Gasteiger partial charge in [0.05, 0.1) is 23.4 Å². The molecule has 22 heavy (non-hydrogen) atoms. The minimum Gasteiger partial charge on any atom is -0.387 e. The number of hydrogen-bond donors (Lipinski definition) is 3. The largest absolute Gasteiger partial charge is 0.387 e. The molecule has 0 saturated carbocycles. The Morgan fingerprint density at radius 1 is 1.45 bits per heavy atom. The van der Waals surface area contributed by atoms with Gasteiger partial charge < -0.3 is 15.7 Å². The Labute approximate surface area is 131 Å². The number of benzene rings is 1. The van der Waals surface area contributed by atoms with Crippen LogP contribution in [0.15, 0.2) is 30.5 Å². The Kier molecular flexibility index (Phi) is 5.35. The van der Waals surface area contributed by atoms with Gasteiger partial charge >= 0.3 is 6.03 Å². The van der Waals surface area contributed by atoms with Crippen molar-refractivity contribution in [3.63, 3.8) is 0 Å². The maximum atomic E-state index is 13.3. The third kappa shape index (κ3) is 4.19. The van der Waals surface area contributed by atoms with E-state index in [0.29, 0.717) is 12.1 Å². The lowest BCUT2D eigenvalue weighted by molar-refractivity contribution is 0.172. The van der Waals surface area contributed by atoms with Gasteiger partial charge in [0.25, 0.3) is 0 Å². The average molecular weight is 327 g/mol. The van der Waals surface area contributed by atoms with Crippen LogP contribution in [-0.4, -0.2) is 27.5 Å². The minimum absolute atomic E-state index is 0.0159. The molecule has 0 fully saturated rings. The highest BCUT2D eigenvalue weighted by molar-refractivity contribution is 6.30. The Bertz CT molecular complexity index is 662. The first-order valence-electron chi connectivity index (χ1n) is 6.59. The molecule has 1 aromatic heterocycles. The molecule has 2 rings (SSSR count). The fourth-order valence-corrected chi connectivity index (χ4v) is 1.95. The predicted octanol–water partition coefficient (Wildman–Crippen LogP) is 1.75. The molecule has 3 N–H and O–H groups in total. The summed E-state index contributed by atoms with van der Waals surface area (Å²) < 4.78 is 14.9. The summed E-state index contributed by atoms with van der Waals surface area (Å²) in [6, 6.07) is 5.35. The highest BCUT2D eigenvalue weighted by Gasteiger charge is 2.12. The topological polar surface area (TPSA) is 79.2 Å². The summed E-state index contributed by atoms with van der Waals surface area (Å²) in [7, 11) is 1.77. The fraction of sp³-hybridized carbons (Fsp3) is 0.286. The van der Waals surface area contributed by atoms with Crippen LogP contribution in [0.5, 0.6) is 0 Å². The maximum absolute atomic E-state index is 13.3. The first kappa shape index (κ1) is 16.3. The molecule has 1 unspecified atom stereocenters. The summed E-state index contributed by atoms with van der Waals surface area (Å²) in [6.45, 7) is 0.270. The van der Waals surface area contributed by atoms with Crippen molar-refractivity contribution in [2.45, 2.75) is 12.6 Å². The molecular weight excluding hydrogens is 311 g/mol. The summed E-state index contributed by atoms with van der Waals surface area (Å²) in [5.74, 6) is -0.612. The van der Waals surface area contributed by atoms with Crippen molar-refractivity contribution in [2.75, 3.05) is 6.54 Å². The van der Waals surface area contributed by atoms with Gasteiger partial charge in [-0.25, -0.2) is 9.18 Å². The van der Waals surface area contributed by atoms with Crippen LogP contribution in [-0.2, 0) is 13.6 Å². The van der Waals surface area contributed by atoms with Crippen LogP contribution < -0.4 is 10.6 Å². The zero-order chi connectivity index (χ0) is 16.1. The zero-order valence-electron chi connectivity index (χ0n) is 11.9. The normalized spacial score (nSPS) is 12.0. The van der Waals surface area contributed by atoms with Crippen LogP contribution in [0.3, 0.4) is 0 Å². The Balaban J connectivity index is 1.80. The fourth-order valence-electron chi connectivity index (χ4n) is 1.83. The van der Waals surface area contributed by atoms with Gasteiger partial charge in [-0.3, -0.25) is 4.68 Å². The van der Waals surface area contributed by atoms with Crippen LogP contribution in [0.2, 0.25) is 5.02 Å². The molecular formula is C14H16ClFN4O2. The zero-order valence-corrected chi connectivity index (χ0v) is 12.6. The Morgan fingerprint density at radius 2 is 2.23 bits per heavy atom. The monoisotopic (exact) mass is 326 g/mol. The van der Waals surface area contributed by atoms with Gasteiger partial charge in [-0.15, -0.1) is 0 Å². The van der Waals surface area contributed by atoms with E-state index in [1.54, 1.807) is 24.0 Å². The molecule has 2 aromatic rings. The second-order valence-corrected chi connectivity index (χ2v) is 5.11. The van der Waals surface area contributed by atoms with Gasteiger partial charge in [0.1, 0.15) is 5.82 Å². The van der Waals surface area contributed by atoms with Crippen molar-refractivity contribution >= 4 is 17.6 Å². The van der Waals surface area contributed by atoms with E-state index in [1.165, 1.54) is 12.1 Å². The lowest BCUT2D eigenvalue weighted by atomic mass is 10.1. The van der Waals surface area contributed by atoms with Crippen LogP contribution in [0.25, 0.3) is 0 Å². The van der Waals surface area contributed by atoms with E-state index in [9.17, 15) is 14.3 Å². The molecule has 0 radical (unpaired) electrons. The number of urea groups is 1. The van der Waals surface area contributed by atoms with Crippen molar-refractivity contribution < 1.29 is 14.3 Å². The molecule has 2 amide bonds. The predicted molar refractivity (Wildman–Crippen MR) is 79.8 cm³/mol. The molecule has 1 atom stereocenters. The van der Waals surface area contributed by atoms with Crippen molar-refractivity contribution in [1.82, 2.24) is 20.4 Å². The third-order valence-corrected chi connectivity index (χ3v) is 3.44. The van der Waals surface area contributed by atoms with Gasteiger partial charge in [0.15, 0.2) is 0 Å². The first-order chi connectivity index (χ1) is 10.5. The number of aliphatic hydroxyl groups is 1. The molecule has 0 aliphatic carbocycles. The SMILES string of the molecule is Cn1nccc1CNC(=O)NCC(O)c1ccc(Cl)c(F)c1. The second kappa shape index (κ2) is 7.24. The summed E-state index contributed by atoms with van der Waals surface area (Å²) in [4.78, 5) is 11.6. The second-order valence-electron chi connectivity index (χ2n) is 4.70. The smallest absolute Gasteiger partial charge is 0.315 e. The average Bonchev–Trinajstić information content (AvgIpc) is 2.90. The quantitative estimate of drug-likeness (QED) is 0.783. The van der Waals surface area contributed by atoms with Crippen molar-refractivity contribution in [1.29, 1.82) is 0 Å². The standard InChI is InChI=1S/C14H16ClFN4O2/c1-20-10(4-5-19-20)7-17-14(22)18-8-13(21)9-2-3-11(15)12(16)6-9/h2-6,13,21H,7-8H2,1H3,(H2,17,18,22). The number of rotatable bonds is 5. The number of nitrogens with zero attached hydrogens (tertiary/aromatic N) is 2. The van der Waals surface area contributed by atoms with Crippen LogP contribution in [0.4, 0.5) is 9.18 Å². The molecule has 0 spiro atoms. The van der Waals surface area contributed by atoms with Gasteiger partial charge in [-0.1, -0.05) is 17.7 Å². The van der Waals surface area contributed by atoms with Crippen LogP contribution in [0.1, 0.15) is 17.4 Å².